The number of amides is 1. The summed E-state index contributed by atoms with van der Waals surface area (Å²) in [6, 6.07) is 18.8. The van der Waals surface area contributed by atoms with Crippen LogP contribution < -0.4 is 10.1 Å². The van der Waals surface area contributed by atoms with Gasteiger partial charge in [-0.25, -0.2) is 0 Å². The molecule has 0 aromatic heterocycles. The molecule has 2 saturated heterocycles. The summed E-state index contributed by atoms with van der Waals surface area (Å²) >= 11 is 0. The SMILES string of the molecule is COc1ccc(NC(C)(C)C(=O)N2C[C@@H]3CN(C)[C@@H](c4ccccc4)[C@@H]3C2)cc1. The lowest BCUT2D eigenvalue weighted by atomic mass is 9.90. The molecule has 2 heterocycles. The fraction of sp³-hybridized carbons (Fsp3) is 0.458. The van der Waals surface area contributed by atoms with E-state index in [-0.39, 0.29) is 5.91 Å². The average molecular weight is 394 g/mol. The number of carbonyl (C=O) groups excluding carboxylic acids is 1. The first-order valence-corrected chi connectivity index (χ1v) is 10.4. The normalized spacial score (nSPS) is 24.4. The first-order chi connectivity index (χ1) is 13.9. The molecule has 4 rings (SSSR count). The first-order valence-electron chi connectivity index (χ1n) is 10.4. The summed E-state index contributed by atoms with van der Waals surface area (Å²) in [5, 5.41) is 3.41. The molecule has 154 valence electrons. The van der Waals surface area contributed by atoms with Crippen LogP contribution in [0.3, 0.4) is 0 Å². The Bertz CT molecular complexity index is 850. The molecular formula is C24H31N3O2. The molecule has 1 N–H and O–H groups in total. The minimum Gasteiger partial charge on any atom is -0.497 e. The Morgan fingerprint density at radius 3 is 2.38 bits per heavy atom. The van der Waals surface area contributed by atoms with Crippen molar-refractivity contribution in [1.82, 2.24) is 9.80 Å². The molecule has 2 fully saturated rings. The van der Waals surface area contributed by atoms with Crippen LogP contribution in [0.25, 0.3) is 0 Å². The molecule has 5 heteroatoms. The van der Waals surface area contributed by atoms with Crippen molar-refractivity contribution in [2.45, 2.75) is 25.4 Å². The molecule has 2 aliphatic heterocycles. The number of fused-ring (bicyclic) bond motifs is 1. The number of nitrogens with zero attached hydrogens (tertiary/aromatic N) is 2. The summed E-state index contributed by atoms with van der Waals surface area (Å²) in [6.45, 7) is 6.63. The second kappa shape index (κ2) is 7.71. The van der Waals surface area contributed by atoms with Crippen LogP contribution in [0.2, 0.25) is 0 Å². The number of likely N-dealkylation sites (tertiary alicyclic amines) is 2. The minimum absolute atomic E-state index is 0.164. The number of hydrogen-bond donors (Lipinski definition) is 1. The number of methoxy groups -OCH3 is 1. The topological polar surface area (TPSA) is 44.8 Å². The van der Waals surface area contributed by atoms with Crippen LogP contribution >= 0.6 is 0 Å². The lowest BCUT2D eigenvalue weighted by Gasteiger charge is -2.33. The van der Waals surface area contributed by atoms with Crippen LogP contribution in [-0.2, 0) is 4.79 Å². The highest BCUT2D eigenvalue weighted by molar-refractivity contribution is 5.89. The highest BCUT2D eigenvalue weighted by Crippen LogP contribution is 2.44. The van der Waals surface area contributed by atoms with Crippen molar-refractivity contribution >= 4 is 11.6 Å². The van der Waals surface area contributed by atoms with Gasteiger partial charge < -0.3 is 15.0 Å². The van der Waals surface area contributed by atoms with Gasteiger partial charge in [0.2, 0.25) is 5.91 Å². The Labute approximate surface area is 173 Å². The van der Waals surface area contributed by atoms with Gasteiger partial charge in [0.05, 0.1) is 7.11 Å². The smallest absolute Gasteiger partial charge is 0.247 e. The van der Waals surface area contributed by atoms with Gasteiger partial charge in [-0.1, -0.05) is 30.3 Å². The van der Waals surface area contributed by atoms with E-state index >= 15 is 0 Å². The molecule has 1 amide bonds. The summed E-state index contributed by atoms with van der Waals surface area (Å²) in [5.74, 6) is 1.99. The lowest BCUT2D eigenvalue weighted by molar-refractivity contribution is -0.134. The van der Waals surface area contributed by atoms with Gasteiger partial charge in [-0.15, -0.1) is 0 Å². The number of benzene rings is 2. The second-order valence-electron chi connectivity index (χ2n) is 8.91. The molecule has 3 atom stereocenters. The predicted octanol–water partition coefficient (Wildman–Crippen LogP) is 3.65. The molecule has 0 bridgehead atoms. The van der Waals surface area contributed by atoms with E-state index in [2.05, 4.69) is 52.5 Å². The number of ether oxygens (including phenoxy) is 1. The standard InChI is InChI=1S/C24H31N3O2/c1-24(2,25-19-10-12-20(29-4)13-11-19)23(28)27-15-18-14-26(3)22(21(18)16-27)17-8-6-5-7-9-17/h5-13,18,21-22,25H,14-16H2,1-4H3/t18-,21+,22-/m0/s1. The van der Waals surface area contributed by atoms with Gasteiger partial charge in [0.15, 0.2) is 0 Å². The van der Waals surface area contributed by atoms with Crippen molar-refractivity contribution in [2.24, 2.45) is 11.8 Å². The fourth-order valence-corrected chi connectivity index (χ4v) is 5.06. The second-order valence-corrected chi connectivity index (χ2v) is 8.91. The third-order valence-corrected chi connectivity index (χ3v) is 6.40. The van der Waals surface area contributed by atoms with Gasteiger partial charge >= 0.3 is 0 Å². The zero-order valence-electron chi connectivity index (χ0n) is 17.8. The van der Waals surface area contributed by atoms with Crippen molar-refractivity contribution in [3.05, 3.63) is 60.2 Å². The van der Waals surface area contributed by atoms with Gasteiger partial charge in [0.25, 0.3) is 0 Å². The Hall–Kier alpha value is -2.53. The van der Waals surface area contributed by atoms with Crippen molar-refractivity contribution in [3.8, 4) is 5.75 Å². The number of hydrogen-bond acceptors (Lipinski definition) is 4. The molecule has 2 aromatic rings. The lowest BCUT2D eigenvalue weighted by Crippen LogP contribution is -2.50. The fourth-order valence-electron chi connectivity index (χ4n) is 5.06. The largest absolute Gasteiger partial charge is 0.497 e. The van der Waals surface area contributed by atoms with Crippen LogP contribution in [-0.4, -0.2) is 55.0 Å². The average Bonchev–Trinajstić information content (AvgIpc) is 3.24. The summed E-state index contributed by atoms with van der Waals surface area (Å²) in [5.41, 5.74) is 1.61. The molecule has 2 aliphatic rings. The van der Waals surface area contributed by atoms with E-state index < -0.39 is 5.54 Å². The quantitative estimate of drug-likeness (QED) is 0.842. The Kier molecular flexibility index (Phi) is 5.26. The Morgan fingerprint density at radius 1 is 1.03 bits per heavy atom. The van der Waals surface area contributed by atoms with Crippen molar-refractivity contribution < 1.29 is 9.53 Å². The number of nitrogens with one attached hydrogen (secondary N) is 1. The number of carbonyl (C=O) groups is 1. The maximum atomic E-state index is 13.4. The maximum Gasteiger partial charge on any atom is 0.247 e. The Morgan fingerprint density at radius 2 is 1.72 bits per heavy atom. The highest BCUT2D eigenvalue weighted by atomic mass is 16.5. The predicted molar refractivity (Wildman–Crippen MR) is 116 cm³/mol. The summed E-state index contributed by atoms with van der Waals surface area (Å²) in [6.07, 6.45) is 0. The highest BCUT2D eigenvalue weighted by Gasteiger charge is 2.48. The molecule has 0 aliphatic carbocycles. The summed E-state index contributed by atoms with van der Waals surface area (Å²) in [7, 11) is 3.86. The van der Waals surface area contributed by atoms with E-state index in [0.717, 1.165) is 31.1 Å². The van der Waals surface area contributed by atoms with E-state index in [0.29, 0.717) is 17.9 Å². The number of rotatable bonds is 5. The van der Waals surface area contributed by atoms with Gasteiger partial charge in [-0.2, -0.15) is 0 Å². The third kappa shape index (κ3) is 3.84. The molecule has 0 spiro atoms. The van der Waals surface area contributed by atoms with Crippen molar-refractivity contribution in [1.29, 1.82) is 0 Å². The van der Waals surface area contributed by atoms with Crippen molar-refractivity contribution in [2.75, 3.05) is 39.1 Å². The third-order valence-electron chi connectivity index (χ3n) is 6.40. The summed E-state index contributed by atoms with van der Waals surface area (Å²) < 4.78 is 5.22. The van der Waals surface area contributed by atoms with Crippen LogP contribution in [0.5, 0.6) is 5.75 Å². The molecular weight excluding hydrogens is 362 g/mol. The zero-order valence-corrected chi connectivity index (χ0v) is 17.8. The molecule has 2 aromatic carbocycles. The minimum atomic E-state index is -0.665. The monoisotopic (exact) mass is 393 g/mol. The van der Waals surface area contributed by atoms with E-state index in [4.69, 9.17) is 4.74 Å². The molecule has 5 nitrogen and oxygen atoms in total. The van der Waals surface area contributed by atoms with Crippen LogP contribution in [0, 0.1) is 11.8 Å². The molecule has 0 radical (unpaired) electrons. The van der Waals surface area contributed by atoms with E-state index in [1.807, 2.05) is 38.1 Å². The van der Waals surface area contributed by atoms with Crippen LogP contribution in [0.15, 0.2) is 54.6 Å². The number of anilines is 1. The van der Waals surface area contributed by atoms with Crippen molar-refractivity contribution in [3.63, 3.8) is 0 Å². The van der Waals surface area contributed by atoms with Crippen LogP contribution in [0.4, 0.5) is 5.69 Å². The maximum absolute atomic E-state index is 13.4. The molecule has 0 saturated carbocycles. The first kappa shape index (κ1) is 19.8. The Balaban J connectivity index is 1.46. The van der Waals surface area contributed by atoms with Gasteiger partial charge in [0, 0.05) is 37.3 Å². The zero-order chi connectivity index (χ0) is 20.6. The van der Waals surface area contributed by atoms with E-state index in [1.165, 1.54) is 5.56 Å². The van der Waals surface area contributed by atoms with E-state index in [1.54, 1.807) is 7.11 Å². The van der Waals surface area contributed by atoms with Gasteiger partial charge in [-0.05, 0) is 56.6 Å². The molecule has 0 unspecified atom stereocenters. The summed E-state index contributed by atoms with van der Waals surface area (Å²) in [4.78, 5) is 17.9. The van der Waals surface area contributed by atoms with Gasteiger partial charge in [0.1, 0.15) is 11.3 Å². The molecule has 29 heavy (non-hydrogen) atoms. The van der Waals surface area contributed by atoms with E-state index in [9.17, 15) is 4.79 Å². The van der Waals surface area contributed by atoms with Gasteiger partial charge in [-0.3, -0.25) is 9.69 Å². The van der Waals surface area contributed by atoms with Crippen LogP contribution in [0.1, 0.15) is 25.5 Å².